The molecule has 5 rings (SSSR count). The number of halogens is 3. The van der Waals surface area contributed by atoms with Crippen LogP contribution in [0, 0.1) is 0 Å². The highest BCUT2D eigenvalue weighted by atomic mass is 35.5. The Morgan fingerprint density at radius 1 is 1.09 bits per heavy atom. The van der Waals surface area contributed by atoms with Crippen LogP contribution in [0.1, 0.15) is 42.5 Å². The Balaban J connectivity index is 1.44. The maximum absolute atomic E-state index is 13.2. The molecular weight excluding hydrogens is 521 g/mol. The van der Waals surface area contributed by atoms with E-state index in [1.165, 1.54) is 22.7 Å². The molecule has 0 unspecified atom stereocenters. The van der Waals surface area contributed by atoms with Crippen LogP contribution in [0.3, 0.4) is 0 Å². The van der Waals surface area contributed by atoms with Crippen molar-refractivity contribution in [3.63, 3.8) is 0 Å². The van der Waals surface area contributed by atoms with E-state index in [1.807, 2.05) is 12.1 Å². The first-order valence-electron chi connectivity index (χ1n) is 10.1. The number of anilines is 1. The fraction of sp³-hybridized carbons (Fsp3) is 0.174. The van der Waals surface area contributed by atoms with Gasteiger partial charge in [0.25, 0.3) is 11.8 Å². The quantitative estimate of drug-likeness (QED) is 0.289. The van der Waals surface area contributed by atoms with Crippen LogP contribution in [-0.4, -0.2) is 16.8 Å². The minimum atomic E-state index is -0.380. The number of nitrogens with one attached hydrogen (secondary N) is 2. The number of aromatic nitrogens is 1. The van der Waals surface area contributed by atoms with Crippen molar-refractivity contribution >= 4 is 84.4 Å². The van der Waals surface area contributed by atoms with Crippen molar-refractivity contribution < 1.29 is 9.59 Å². The number of hydrogen-bond donors (Lipinski definition) is 2. The molecule has 1 aliphatic carbocycles. The predicted octanol–water partition coefficient (Wildman–Crippen LogP) is 6.99. The number of pyridine rings is 1. The number of amides is 2. The molecule has 5 nitrogen and oxygen atoms in total. The standard InChI is InChI=1S/C23H16Cl3N3O2S2/c24-12-7-14(25)18-16(8-12)32-20(19(18)26)22(31)29-23-17(13-4-1-5-15(13)33-23)21(30)28-10-11-3-2-6-27-9-11/h2-3,6-9H,1,4-5,10H2,(H,28,30)(H,29,31). The molecular formula is C23H16Cl3N3O2S2. The van der Waals surface area contributed by atoms with Crippen molar-refractivity contribution in [1.29, 1.82) is 0 Å². The van der Waals surface area contributed by atoms with E-state index in [2.05, 4.69) is 15.6 Å². The van der Waals surface area contributed by atoms with Crippen molar-refractivity contribution in [2.45, 2.75) is 25.8 Å². The lowest BCUT2D eigenvalue weighted by Gasteiger charge is -2.09. The second-order valence-electron chi connectivity index (χ2n) is 7.57. The number of hydrogen-bond acceptors (Lipinski definition) is 5. The number of rotatable bonds is 5. The second-order valence-corrected chi connectivity index (χ2v) is 10.9. The van der Waals surface area contributed by atoms with Crippen LogP contribution in [0.15, 0.2) is 36.7 Å². The Hall–Kier alpha value is -2.16. The first-order valence-corrected chi connectivity index (χ1v) is 12.9. The van der Waals surface area contributed by atoms with Crippen molar-refractivity contribution in [2.75, 3.05) is 5.32 Å². The summed E-state index contributed by atoms with van der Waals surface area (Å²) in [4.78, 5) is 31.9. The zero-order chi connectivity index (χ0) is 23.1. The number of aryl methyl sites for hydroxylation is 1. The largest absolute Gasteiger partial charge is 0.348 e. The fourth-order valence-electron chi connectivity index (χ4n) is 3.92. The maximum atomic E-state index is 13.2. The summed E-state index contributed by atoms with van der Waals surface area (Å²) in [5, 5.41) is 8.15. The van der Waals surface area contributed by atoms with Crippen LogP contribution in [0.4, 0.5) is 5.00 Å². The molecule has 3 aromatic heterocycles. The van der Waals surface area contributed by atoms with Gasteiger partial charge in [0, 0.05) is 38.9 Å². The first kappa shape index (κ1) is 22.6. The number of nitrogens with zero attached hydrogens (tertiary/aromatic N) is 1. The average molecular weight is 537 g/mol. The van der Waals surface area contributed by atoms with Gasteiger partial charge in [-0.15, -0.1) is 22.7 Å². The lowest BCUT2D eigenvalue weighted by Crippen LogP contribution is -2.25. The number of benzene rings is 1. The molecule has 0 radical (unpaired) electrons. The normalized spacial score (nSPS) is 12.7. The Kier molecular flexibility index (Phi) is 6.33. The Labute approximate surface area is 212 Å². The molecule has 1 aliphatic rings. The van der Waals surface area contributed by atoms with Gasteiger partial charge in [0.1, 0.15) is 9.88 Å². The van der Waals surface area contributed by atoms with Gasteiger partial charge in [0.2, 0.25) is 0 Å². The summed E-state index contributed by atoms with van der Waals surface area (Å²) in [5.74, 6) is -0.597. The number of thiophene rings is 2. The van der Waals surface area contributed by atoms with Crippen molar-refractivity contribution in [3.8, 4) is 0 Å². The van der Waals surface area contributed by atoms with Gasteiger partial charge < -0.3 is 10.6 Å². The summed E-state index contributed by atoms with van der Waals surface area (Å²) in [7, 11) is 0. The molecule has 1 aromatic carbocycles. The summed E-state index contributed by atoms with van der Waals surface area (Å²) >= 11 is 21.6. The lowest BCUT2D eigenvalue weighted by atomic mass is 10.1. The van der Waals surface area contributed by atoms with E-state index in [-0.39, 0.29) is 16.8 Å². The smallest absolute Gasteiger partial charge is 0.267 e. The van der Waals surface area contributed by atoms with Gasteiger partial charge in [-0.2, -0.15) is 0 Å². The van der Waals surface area contributed by atoms with Gasteiger partial charge >= 0.3 is 0 Å². The van der Waals surface area contributed by atoms with Crippen LogP contribution < -0.4 is 10.6 Å². The van der Waals surface area contributed by atoms with Crippen LogP contribution in [0.2, 0.25) is 15.1 Å². The third-order valence-electron chi connectivity index (χ3n) is 5.41. The molecule has 0 saturated heterocycles. The minimum absolute atomic E-state index is 0.217. The SMILES string of the molecule is O=C(Nc1sc2c(c1C(=O)NCc1cccnc1)CCC2)c1sc2cc(Cl)cc(Cl)c2c1Cl. The molecule has 0 fully saturated rings. The monoisotopic (exact) mass is 535 g/mol. The van der Waals surface area contributed by atoms with E-state index in [4.69, 9.17) is 34.8 Å². The fourth-order valence-corrected chi connectivity index (χ4v) is 7.48. The number of carbonyl (C=O) groups is 2. The zero-order valence-corrected chi connectivity index (χ0v) is 20.9. The van der Waals surface area contributed by atoms with E-state index < -0.39 is 0 Å². The van der Waals surface area contributed by atoms with Crippen LogP contribution in [-0.2, 0) is 19.4 Å². The third-order valence-corrected chi connectivity index (χ3v) is 8.76. The predicted molar refractivity (Wildman–Crippen MR) is 137 cm³/mol. The molecule has 2 amide bonds. The van der Waals surface area contributed by atoms with E-state index in [1.54, 1.807) is 24.5 Å². The van der Waals surface area contributed by atoms with Gasteiger partial charge in [-0.05, 0) is 48.6 Å². The topological polar surface area (TPSA) is 71.1 Å². The molecule has 0 saturated carbocycles. The van der Waals surface area contributed by atoms with Crippen molar-refractivity contribution in [1.82, 2.24) is 10.3 Å². The van der Waals surface area contributed by atoms with Gasteiger partial charge in [-0.3, -0.25) is 14.6 Å². The zero-order valence-electron chi connectivity index (χ0n) is 17.0. The molecule has 2 N–H and O–H groups in total. The van der Waals surface area contributed by atoms with Gasteiger partial charge in [-0.25, -0.2) is 0 Å². The number of carbonyl (C=O) groups excluding carboxylic acids is 2. The van der Waals surface area contributed by atoms with E-state index >= 15 is 0 Å². The van der Waals surface area contributed by atoms with Crippen LogP contribution in [0.25, 0.3) is 10.1 Å². The molecule has 4 aromatic rings. The van der Waals surface area contributed by atoms with Crippen molar-refractivity contribution in [3.05, 3.63) is 78.2 Å². The maximum Gasteiger partial charge on any atom is 0.267 e. The molecule has 3 heterocycles. The number of fused-ring (bicyclic) bond motifs is 2. The molecule has 0 atom stereocenters. The third kappa shape index (κ3) is 4.36. The lowest BCUT2D eigenvalue weighted by molar-refractivity contribution is 0.0951. The summed E-state index contributed by atoms with van der Waals surface area (Å²) in [6.45, 7) is 0.353. The molecule has 10 heteroatoms. The minimum Gasteiger partial charge on any atom is -0.348 e. The first-order chi connectivity index (χ1) is 15.9. The summed E-state index contributed by atoms with van der Waals surface area (Å²) in [6.07, 6.45) is 6.11. The average Bonchev–Trinajstić information content (AvgIpc) is 3.45. The van der Waals surface area contributed by atoms with Crippen LogP contribution in [0.5, 0.6) is 0 Å². The van der Waals surface area contributed by atoms with Gasteiger partial charge in [0.15, 0.2) is 0 Å². The molecule has 0 bridgehead atoms. The Bertz CT molecular complexity index is 1400. The van der Waals surface area contributed by atoms with Crippen molar-refractivity contribution in [2.24, 2.45) is 0 Å². The molecule has 0 aliphatic heterocycles. The van der Waals surface area contributed by atoms with Crippen LogP contribution >= 0.6 is 57.5 Å². The van der Waals surface area contributed by atoms with Gasteiger partial charge in [-0.1, -0.05) is 40.9 Å². The van der Waals surface area contributed by atoms with E-state index in [9.17, 15) is 9.59 Å². The van der Waals surface area contributed by atoms with Gasteiger partial charge in [0.05, 0.1) is 15.6 Å². The van der Waals surface area contributed by atoms with E-state index in [0.29, 0.717) is 37.4 Å². The summed E-state index contributed by atoms with van der Waals surface area (Å²) < 4.78 is 0.728. The summed E-state index contributed by atoms with van der Waals surface area (Å²) in [5.41, 5.74) is 2.44. The Morgan fingerprint density at radius 3 is 2.73 bits per heavy atom. The highest BCUT2D eigenvalue weighted by Gasteiger charge is 2.29. The van der Waals surface area contributed by atoms with E-state index in [0.717, 1.165) is 40.0 Å². The highest BCUT2D eigenvalue weighted by molar-refractivity contribution is 7.22. The highest BCUT2D eigenvalue weighted by Crippen LogP contribution is 2.43. The molecule has 0 spiro atoms. The molecule has 168 valence electrons. The molecule has 33 heavy (non-hydrogen) atoms. The summed E-state index contributed by atoms with van der Waals surface area (Å²) in [6, 6.07) is 7.05. The second kappa shape index (κ2) is 9.24. The Morgan fingerprint density at radius 2 is 1.94 bits per heavy atom.